The molecule has 18 heavy (non-hydrogen) atoms. The van der Waals surface area contributed by atoms with Crippen molar-refractivity contribution in [2.24, 2.45) is 7.05 Å². The summed E-state index contributed by atoms with van der Waals surface area (Å²) in [5.74, 6) is 0. The van der Waals surface area contributed by atoms with E-state index < -0.39 is 0 Å². The Morgan fingerprint density at radius 3 is 2.83 bits per heavy atom. The molecule has 1 saturated heterocycles. The first kappa shape index (κ1) is 13.6. The summed E-state index contributed by atoms with van der Waals surface area (Å²) in [5.41, 5.74) is 2.30. The van der Waals surface area contributed by atoms with E-state index in [1.54, 1.807) is 0 Å². The zero-order valence-electron chi connectivity index (χ0n) is 12.0. The van der Waals surface area contributed by atoms with Gasteiger partial charge in [-0.15, -0.1) is 0 Å². The molecule has 0 amide bonds. The van der Waals surface area contributed by atoms with E-state index >= 15 is 0 Å². The minimum atomic E-state index is -0.0504. The average Bonchev–Trinajstić information content (AvgIpc) is 2.65. The molecule has 4 heteroatoms. The number of nitrogens with zero attached hydrogens (tertiary/aromatic N) is 2. The molecule has 1 aromatic heterocycles. The van der Waals surface area contributed by atoms with E-state index in [0.29, 0.717) is 6.04 Å². The molecule has 1 aliphatic rings. The van der Waals surface area contributed by atoms with E-state index in [1.165, 1.54) is 18.5 Å². The maximum atomic E-state index is 6.05. The van der Waals surface area contributed by atoms with Crippen molar-refractivity contribution in [2.75, 3.05) is 13.7 Å². The van der Waals surface area contributed by atoms with Gasteiger partial charge in [0.2, 0.25) is 0 Å². The van der Waals surface area contributed by atoms with Crippen LogP contribution in [0.3, 0.4) is 0 Å². The molecule has 0 aromatic carbocycles. The second-order valence-electron chi connectivity index (χ2n) is 5.56. The van der Waals surface area contributed by atoms with E-state index in [0.717, 1.165) is 25.1 Å². The van der Waals surface area contributed by atoms with Crippen molar-refractivity contribution in [1.29, 1.82) is 0 Å². The lowest BCUT2D eigenvalue weighted by Gasteiger charge is -2.40. The Hall–Kier alpha value is -0.870. The quantitative estimate of drug-likeness (QED) is 0.887. The zero-order chi connectivity index (χ0) is 13.2. The molecular formula is C14H25N3O. The zero-order valence-corrected chi connectivity index (χ0v) is 12.0. The van der Waals surface area contributed by atoms with Crippen molar-refractivity contribution >= 4 is 0 Å². The van der Waals surface area contributed by atoms with Gasteiger partial charge in [-0.1, -0.05) is 0 Å². The number of aromatic nitrogens is 2. The smallest absolute Gasteiger partial charge is 0.0810 e. The van der Waals surface area contributed by atoms with Crippen LogP contribution in [0.5, 0.6) is 0 Å². The predicted molar refractivity (Wildman–Crippen MR) is 72.7 cm³/mol. The minimum absolute atomic E-state index is 0.0504. The number of hydrogen-bond donors (Lipinski definition) is 1. The van der Waals surface area contributed by atoms with Crippen LogP contribution in [0.2, 0.25) is 0 Å². The molecule has 0 bridgehead atoms. The highest BCUT2D eigenvalue weighted by atomic mass is 16.5. The molecule has 2 unspecified atom stereocenters. The third-order valence-corrected chi connectivity index (χ3v) is 4.10. The fourth-order valence-corrected chi connectivity index (χ4v) is 2.92. The summed E-state index contributed by atoms with van der Waals surface area (Å²) in [4.78, 5) is 0. The molecule has 0 saturated carbocycles. The van der Waals surface area contributed by atoms with E-state index in [2.05, 4.69) is 23.4 Å². The van der Waals surface area contributed by atoms with Crippen molar-refractivity contribution < 1.29 is 4.74 Å². The van der Waals surface area contributed by atoms with Gasteiger partial charge >= 0.3 is 0 Å². The summed E-state index contributed by atoms with van der Waals surface area (Å²) in [6, 6.07) is 2.50. The SMILES string of the molecule is CNC(Cc1cc(C)nn1C)C1(C)CCCCO1. The topological polar surface area (TPSA) is 39.1 Å². The lowest BCUT2D eigenvalue weighted by atomic mass is 9.85. The minimum Gasteiger partial charge on any atom is -0.374 e. The van der Waals surface area contributed by atoms with Crippen molar-refractivity contribution in [2.45, 2.75) is 51.2 Å². The molecule has 102 valence electrons. The number of aryl methyl sites for hydroxylation is 2. The Bertz CT molecular complexity index is 394. The number of likely N-dealkylation sites (N-methyl/N-ethyl adjacent to an activating group) is 1. The normalized spacial score (nSPS) is 26.2. The molecule has 4 nitrogen and oxygen atoms in total. The maximum Gasteiger partial charge on any atom is 0.0810 e. The Balaban J connectivity index is 2.11. The lowest BCUT2D eigenvalue weighted by Crippen LogP contribution is -2.52. The molecule has 2 rings (SSSR count). The van der Waals surface area contributed by atoms with E-state index in [1.807, 2.05) is 25.7 Å². The maximum absolute atomic E-state index is 6.05. The van der Waals surface area contributed by atoms with Crippen LogP contribution in [-0.2, 0) is 18.2 Å². The standard InChI is InChI=1S/C14H25N3O/c1-11-9-12(17(4)16-11)10-13(15-3)14(2)7-5-6-8-18-14/h9,13,15H,5-8,10H2,1-4H3. The number of nitrogens with one attached hydrogen (secondary N) is 1. The second kappa shape index (κ2) is 5.41. The van der Waals surface area contributed by atoms with Gasteiger partial charge in [-0.25, -0.2) is 0 Å². The summed E-state index contributed by atoms with van der Waals surface area (Å²) in [7, 11) is 4.04. The van der Waals surface area contributed by atoms with Crippen LogP contribution in [0.1, 0.15) is 37.6 Å². The van der Waals surface area contributed by atoms with E-state index in [4.69, 9.17) is 4.74 Å². The van der Waals surface area contributed by atoms with Crippen LogP contribution in [0.4, 0.5) is 0 Å². The molecule has 0 radical (unpaired) electrons. The molecule has 1 aliphatic heterocycles. The van der Waals surface area contributed by atoms with Crippen molar-refractivity contribution in [1.82, 2.24) is 15.1 Å². The van der Waals surface area contributed by atoms with Crippen LogP contribution >= 0.6 is 0 Å². The van der Waals surface area contributed by atoms with Gasteiger partial charge in [0, 0.05) is 31.8 Å². The van der Waals surface area contributed by atoms with Gasteiger partial charge in [-0.2, -0.15) is 5.10 Å². The summed E-state index contributed by atoms with van der Waals surface area (Å²) in [6.45, 7) is 5.16. The molecule has 1 N–H and O–H groups in total. The van der Waals surface area contributed by atoms with E-state index in [-0.39, 0.29) is 5.60 Å². The second-order valence-corrected chi connectivity index (χ2v) is 5.56. The predicted octanol–water partition coefficient (Wildman–Crippen LogP) is 1.82. The largest absolute Gasteiger partial charge is 0.374 e. The van der Waals surface area contributed by atoms with Gasteiger partial charge in [-0.3, -0.25) is 4.68 Å². The van der Waals surface area contributed by atoms with Crippen molar-refractivity contribution in [3.05, 3.63) is 17.5 Å². The molecule has 1 fully saturated rings. The summed E-state index contributed by atoms with van der Waals surface area (Å²) < 4.78 is 8.02. The first-order valence-electron chi connectivity index (χ1n) is 6.86. The third kappa shape index (κ3) is 2.75. The van der Waals surface area contributed by atoms with E-state index in [9.17, 15) is 0 Å². The van der Waals surface area contributed by atoms with Gasteiger partial charge in [0.15, 0.2) is 0 Å². The summed E-state index contributed by atoms with van der Waals surface area (Å²) >= 11 is 0. The van der Waals surface area contributed by atoms with Crippen LogP contribution in [-0.4, -0.2) is 35.1 Å². The fraction of sp³-hybridized carbons (Fsp3) is 0.786. The highest BCUT2D eigenvalue weighted by Crippen LogP contribution is 2.29. The van der Waals surface area contributed by atoms with Gasteiger partial charge in [-0.05, 0) is 46.2 Å². The summed E-state index contributed by atoms with van der Waals surface area (Å²) in [6.07, 6.45) is 4.55. The number of ether oxygens (including phenoxy) is 1. The van der Waals surface area contributed by atoms with Gasteiger partial charge in [0.1, 0.15) is 0 Å². The monoisotopic (exact) mass is 251 g/mol. The van der Waals surface area contributed by atoms with Gasteiger partial charge in [0.25, 0.3) is 0 Å². The van der Waals surface area contributed by atoms with Gasteiger partial charge in [0.05, 0.1) is 11.3 Å². The van der Waals surface area contributed by atoms with Gasteiger partial charge < -0.3 is 10.1 Å². The Labute approximate surface area is 110 Å². The summed E-state index contributed by atoms with van der Waals surface area (Å²) in [5, 5.41) is 7.85. The molecule has 0 aliphatic carbocycles. The van der Waals surface area contributed by atoms with Crippen molar-refractivity contribution in [3.63, 3.8) is 0 Å². The Morgan fingerprint density at radius 2 is 2.33 bits per heavy atom. The number of rotatable bonds is 4. The fourth-order valence-electron chi connectivity index (χ4n) is 2.92. The first-order chi connectivity index (χ1) is 8.55. The average molecular weight is 251 g/mol. The molecule has 2 atom stereocenters. The van der Waals surface area contributed by atoms with Crippen LogP contribution in [0.25, 0.3) is 0 Å². The van der Waals surface area contributed by atoms with Crippen LogP contribution in [0.15, 0.2) is 6.07 Å². The number of hydrogen-bond acceptors (Lipinski definition) is 3. The lowest BCUT2D eigenvalue weighted by molar-refractivity contribution is -0.0873. The Kier molecular flexibility index (Phi) is 4.07. The van der Waals surface area contributed by atoms with Crippen molar-refractivity contribution in [3.8, 4) is 0 Å². The Morgan fingerprint density at radius 1 is 1.56 bits per heavy atom. The third-order valence-electron chi connectivity index (χ3n) is 4.10. The first-order valence-corrected chi connectivity index (χ1v) is 6.86. The molecule has 2 heterocycles. The molecule has 1 aromatic rings. The van der Waals surface area contributed by atoms with Crippen LogP contribution in [0, 0.1) is 6.92 Å². The van der Waals surface area contributed by atoms with Crippen LogP contribution < -0.4 is 5.32 Å². The highest BCUT2D eigenvalue weighted by Gasteiger charge is 2.36. The highest BCUT2D eigenvalue weighted by molar-refractivity contribution is 5.12. The molecule has 0 spiro atoms. The molecular weight excluding hydrogens is 226 g/mol.